The predicted octanol–water partition coefficient (Wildman–Crippen LogP) is 1.15. The van der Waals surface area contributed by atoms with E-state index in [-0.39, 0.29) is 5.78 Å². The third-order valence-corrected chi connectivity index (χ3v) is 4.46. The van der Waals surface area contributed by atoms with Crippen LogP contribution in [0.3, 0.4) is 0 Å². The Bertz CT molecular complexity index is 529. The van der Waals surface area contributed by atoms with Crippen molar-refractivity contribution in [2.75, 3.05) is 50.4 Å². The number of anilines is 2. The molecule has 7 heteroatoms. The topological polar surface area (TPSA) is 91.4 Å². The molecule has 0 saturated carbocycles. The van der Waals surface area contributed by atoms with Crippen molar-refractivity contribution in [3.63, 3.8) is 0 Å². The molecule has 2 rings (SSSR count). The summed E-state index contributed by atoms with van der Waals surface area (Å²) in [5, 5.41) is 13.0. The number of hydrogen-bond acceptors (Lipinski definition) is 7. The quantitative estimate of drug-likeness (QED) is 0.792. The number of rotatable bonds is 5. The Morgan fingerprint density at radius 3 is 2.85 bits per heavy atom. The zero-order valence-electron chi connectivity index (χ0n) is 11.4. The van der Waals surface area contributed by atoms with Gasteiger partial charge in [-0.05, 0) is 0 Å². The smallest absolute Gasteiger partial charge is 0.171 e. The third-order valence-electron chi connectivity index (χ3n) is 3.19. The normalized spacial score (nSPS) is 15.8. The van der Waals surface area contributed by atoms with E-state index in [1.165, 1.54) is 18.3 Å². The van der Waals surface area contributed by atoms with Crippen LogP contribution in [0.5, 0.6) is 0 Å². The standard InChI is InChI=1S/C13H18N4O2S/c1-9(18)12-11(15)10(8-14)13(20-12)16-2-3-17-4-6-19-7-5-17/h16H,2-7,15H2,1H3. The van der Waals surface area contributed by atoms with Gasteiger partial charge < -0.3 is 15.8 Å². The van der Waals surface area contributed by atoms with E-state index in [1.807, 2.05) is 0 Å². The lowest BCUT2D eigenvalue weighted by atomic mass is 10.2. The highest BCUT2D eigenvalue weighted by Crippen LogP contribution is 2.35. The fourth-order valence-corrected chi connectivity index (χ4v) is 3.08. The second-order valence-electron chi connectivity index (χ2n) is 4.60. The number of nitriles is 1. The highest BCUT2D eigenvalue weighted by Gasteiger charge is 2.18. The van der Waals surface area contributed by atoms with Crippen molar-refractivity contribution in [3.8, 4) is 6.07 Å². The average molecular weight is 294 g/mol. The first-order valence-corrected chi connectivity index (χ1v) is 7.32. The van der Waals surface area contributed by atoms with Crippen molar-refractivity contribution >= 4 is 27.8 Å². The lowest BCUT2D eigenvalue weighted by molar-refractivity contribution is 0.0398. The van der Waals surface area contributed by atoms with E-state index in [0.717, 1.165) is 32.8 Å². The van der Waals surface area contributed by atoms with Gasteiger partial charge in [-0.15, -0.1) is 11.3 Å². The summed E-state index contributed by atoms with van der Waals surface area (Å²) in [6.45, 7) is 6.44. The molecular formula is C13H18N4O2S. The predicted molar refractivity (Wildman–Crippen MR) is 79.2 cm³/mol. The molecule has 0 spiro atoms. The zero-order chi connectivity index (χ0) is 14.5. The molecule has 1 aliphatic heterocycles. The number of nitrogens with zero attached hydrogens (tertiary/aromatic N) is 2. The molecule has 1 aromatic rings. The van der Waals surface area contributed by atoms with Crippen LogP contribution in [0.25, 0.3) is 0 Å². The van der Waals surface area contributed by atoms with Crippen LogP contribution in [0.15, 0.2) is 0 Å². The van der Waals surface area contributed by atoms with Crippen LogP contribution in [-0.2, 0) is 4.74 Å². The maximum atomic E-state index is 11.4. The lowest BCUT2D eigenvalue weighted by Gasteiger charge is -2.26. The van der Waals surface area contributed by atoms with Crippen molar-refractivity contribution in [2.45, 2.75) is 6.92 Å². The Labute approximate surface area is 122 Å². The number of thiophene rings is 1. The first-order valence-electron chi connectivity index (χ1n) is 6.50. The second kappa shape index (κ2) is 6.70. The van der Waals surface area contributed by atoms with E-state index in [9.17, 15) is 4.79 Å². The molecule has 0 radical (unpaired) electrons. The number of morpholine rings is 1. The van der Waals surface area contributed by atoms with E-state index in [2.05, 4.69) is 16.3 Å². The summed E-state index contributed by atoms with van der Waals surface area (Å²) in [6, 6.07) is 2.06. The number of Topliss-reactive ketones (excluding diaryl/α,β-unsaturated/α-hetero) is 1. The summed E-state index contributed by atoms with van der Waals surface area (Å²) in [5.41, 5.74) is 6.50. The Morgan fingerprint density at radius 2 is 2.25 bits per heavy atom. The molecule has 0 unspecified atom stereocenters. The van der Waals surface area contributed by atoms with Gasteiger partial charge in [-0.25, -0.2) is 0 Å². The van der Waals surface area contributed by atoms with Crippen molar-refractivity contribution in [2.24, 2.45) is 0 Å². The molecule has 0 atom stereocenters. The number of ether oxygens (including phenoxy) is 1. The average Bonchev–Trinajstić information content (AvgIpc) is 2.76. The third kappa shape index (κ3) is 3.28. The fraction of sp³-hybridized carbons (Fsp3) is 0.538. The summed E-state index contributed by atoms with van der Waals surface area (Å²) in [4.78, 5) is 14.2. The fourth-order valence-electron chi connectivity index (χ4n) is 2.09. The van der Waals surface area contributed by atoms with Crippen LogP contribution >= 0.6 is 11.3 Å². The zero-order valence-corrected chi connectivity index (χ0v) is 12.3. The molecule has 1 aliphatic rings. The molecule has 1 saturated heterocycles. The summed E-state index contributed by atoms with van der Waals surface area (Å²) < 4.78 is 5.29. The number of nitrogens with two attached hydrogens (primary N) is 1. The van der Waals surface area contributed by atoms with Gasteiger partial charge in [0.1, 0.15) is 16.6 Å². The largest absolute Gasteiger partial charge is 0.396 e. The van der Waals surface area contributed by atoms with Crippen molar-refractivity contribution in [1.29, 1.82) is 5.26 Å². The molecule has 2 heterocycles. The minimum Gasteiger partial charge on any atom is -0.396 e. The first kappa shape index (κ1) is 14.8. The number of hydrogen-bond donors (Lipinski definition) is 2. The number of nitrogen functional groups attached to an aromatic ring is 1. The first-order chi connectivity index (χ1) is 9.63. The number of carbonyl (C=O) groups excluding carboxylic acids is 1. The summed E-state index contributed by atoms with van der Waals surface area (Å²) >= 11 is 1.25. The Hall–Kier alpha value is -1.62. The number of ketones is 1. The lowest BCUT2D eigenvalue weighted by Crippen LogP contribution is -2.38. The molecule has 0 bridgehead atoms. The molecular weight excluding hydrogens is 276 g/mol. The van der Waals surface area contributed by atoms with E-state index in [4.69, 9.17) is 15.7 Å². The van der Waals surface area contributed by atoms with Crippen LogP contribution in [0, 0.1) is 11.3 Å². The van der Waals surface area contributed by atoms with Gasteiger partial charge in [0, 0.05) is 33.1 Å². The van der Waals surface area contributed by atoms with Gasteiger partial charge in [0.25, 0.3) is 0 Å². The van der Waals surface area contributed by atoms with Crippen LogP contribution in [0.4, 0.5) is 10.7 Å². The van der Waals surface area contributed by atoms with Crippen LogP contribution in [0.2, 0.25) is 0 Å². The van der Waals surface area contributed by atoms with E-state index in [1.54, 1.807) is 0 Å². The highest BCUT2D eigenvalue weighted by atomic mass is 32.1. The maximum absolute atomic E-state index is 11.4. The molecule has 20 heavy (non-hydrogen) atoms. The minimum absolute atomic E-state index is 0.106. The van der Waals surface area contributed by atoms with Crippen molar-refractivity contribution in [3.05, 3.63) is 10.4 Å². The van der Waals surface area contributed by atoms with Gasteiger partial charge >= 0.3 is 0 Å². The van der Waals surface area contributed by atoms with E-state index >= 15 is 0 Å². The molecule has 1 aromatic heterocycles. The summed E-state index contributed by atoms with van der Waals surface area (Å²) in [6.07, 6.45) is 0. The van der Waals surface area contributed by atoms with Crippen molar-refractivity contribution in [1.82, 2.24) is 4.90 Å². The van der Waals surface area contributed by atoms with Gasteiger partial charge in [-0.1, -0.05) is 0 Å². The van der Waals surface area contributed by atoms with Gasteiger partial charge in [0.2, 0.25) is 0 Å². The monoisotopic (exact) mass is 294 g/mol. The van der Waals surface area contributed by atoms with E-state index in [0.29, 0.717) is 27.7 Å². The van der Waals surface area contributed by atoms with Crippen LogP contribution in [0.1, 0.15) is 22.2 Å². The molecule has 0 aliphatic carbocycles. The van der Waals surface area contributed by atoms with Gasteiger partial charge in [0.05, 0.1) is 23.8 Å². The van der Waals surface area contributed by atoms with Gasteiger partial charge in [-0.2, -0.15) is 5.26 Å². The minimum atomic E-state index is -0.106. The molecule has 0 aromatic carbocycles. The van der Waals surface area contributed by atoms with Gasteiger partial charge in [0.15, 0.2) is 5.78 Å². The Morgan fingerprint density at radius 1 is 1.55 bits per heavy atom. The number of carbonyl (C=O) groups is 1. The Balaban J connectivity index is 1.97. The summed E-state index contributed by atoms with van der Waals surface area (Å²) in [7, 11) is 0. The summed E-state index contributed by atoms with van der Waals surface area (Å²) in [5.74, 6) is -0.106. The van der Waals surface area contributed by atoms with Gasteiger partial charge in [-0.3, -0.25) is 9.69 Å². The van der Waals surface area contributed by atoms with Crippen LogP contribution < -0.4 is 11.1 Å². The van der Waals surface area contributed by atoms with Crippen LogP contribution in [-0.4, -0.2) is 50.1 Å². The Kier molecular flexibility index (Phi) is 4.95. The van der Waals surface area contributed by atoms with Crippen molar-refractivity contribution < 1.29 is 9.53 Å². The SMILES string of the molecule is CC(=O)c1sc(NCCN2CCOCC2)c(C#N)c1N. The number of nitrogens with one attached hydrogen (secondary N) is 1. The maximum Gasteiger partial charge on any atom is 0.171 e. The molecule has 108 valence electrons. The molecule has 1 fully saturated rings. The second-order valence-corrected chi connectivity index (χ2v) is 5.62. The highest BCUT2D eigenvalue weighted by molar-refractivity contribution is 7.18. The molecule has 6 nitrogen and oxygen atoms in total. The van der Waals surface area contributed by atoms with E-state index < -0.39 is 0 Å². The molecule has 3 N–H and O–H groups in total. The molecule has 0 amide bonds.